The van der Waals surface area contributed by atoms with Crippen LogP contribution in [0.3, 0.4) is 0 Å². The third-order valence-electron chi connectivity index (χ3n) is 2.27. The third-order valence-corrected chi connectivity index (χ3v) is 2.27. The maximum Gasteiger partial charge on any atom is 0.321 e. The Morgan fingerprint density at radius 2 is 2.18 bits per heavy atom. The Hall–Kier alpha value is -1.53. The van der Waals surface area contributed by atoms with Crippen molar-refractivity contribution in [1.29, 1.82) is 0 Å². The van der Waals surface area contributed by atoms with Gasteiger partial charge in [-0.05, 0) is 25.2 Å². The smallest absolute Gasteiger partial charge is 0.321 e. The van der Waals surface area contributed by atoms with E-state index >= 15 is 0 Å². The van der Waals surface area contributed by atoms with Gasteiger partial charge in [0.15, 0.2) is 0 Å². The van der Waals surface area contributed by atoms with Gasteiger partial charge in [-0.15, -0.1) is 0 Å². The van der Waals surface area contributed by atoms with Crippen molar-refractivity contribution in [3.63, 3.8) is 0 Å². The lowest BCUT2D eigenvalue weighted by molar-refractivity contribution is -0.138. The van der Waals surface area contributed by atoms with E-state index in [0.29, 0.717) is 0 Å². The van der Waals surface area contributed by atoms with Crippen LogP contribution in [0.15, 0.2) is 18.2 Å². The molecular weight excluding hydrogens is 230 g/mol. The third kappa shape index (κ3) is 4.08. The summed E-state index contributed by atoms with van der Waals surface area (Å²) in [5, 5.41) is 8.61. The molecule has 0 saturated carbocycles. The molecule has 0 aliphatic carbocycles. The first-order chi connectivity index (χ1) is 7.90. The highest BCUT2D eigenvalue weighted by molar-refractivity contribution is 5.73. The van der Waals surface area contributed by atoms with Crippen molar-refractivity contribution in [2.24, 2.45) is 5.73 Å². The van der Waals surface area contributed by atoms with E-state index in [1.54, 1.807) is 7.05 Å². The van der Waals surface area contributed by atoms with E-state index in [1.807, 2.05) is 0 Å². The van der Waals surface area contributed by atoms with Crippen molar-refractivity contribution in [1.82, 2.24) is 4.90 Å². The van der Waals surface area contributed by atoms with E-state index in [2.05, 4.69) is 0 Å². The quantitative estimate of drug-likeness (QED) is 0.804. The fourth-order valence-electron chi connectivity index (χ4n) is 1.43. The highest BCUT2D eigenvalue weighted by Crippen LogP contribution is 2.11. The molecule has 17 heavy (non-hydrogen) atoms. The zero-order valence-electron chi connectivity index (χ0n) is 9.36. The van der Waals surface area contributed by atoms with Crippen LogP contribution < -0.4 is 5.73 Å². The molecule has 0 aliphatic rings. The Kier molecular flexibility index (Phi) is 4.53. The molecule has 0 saturated heterocycles. The zero-order chi connectivity index (χ0) is 13.0. The molecule has 6 heteroatoms. The van der Waals surface area contributed by atoms with Crippen LogP contribution in [0.4, 0.5) is 8.78 Å². The number of nitrogens with two attached hydrogens (primary N) is 1. The molecule has 4 nitrogen and oxygen atoms in total. The van der Waals surface area contributed by atoms with Crippen molar-refractivity contribution in [2.75, 3.05) is 13.6 Å². The fraction of sp³-hybridized carbons (Fsp3) is 0.364. The van der Waals surface area contributed by atoms with E-state index in [-0.39, 0.29) is 18.7 Å². The summed E-state index contributed by atoms with van der Waals surface area (Å²) in [5.74, 6) is -2.18. The van der Waals surface area contributed by atoms with Crippen molar-refractivity contribution >= 4 is 5.97 Å². The first kappa shape index (κ1) is 13.5. The lowest BCUT2D eigenvalue weighted by Crippen LogP contribution is -2.40. The van der Waals surface area contributed by atoms with Gasteiger partial charge < -0.3 is 10.8 Å². The summed E-state index contributed by atoms with van der Waals surface area (Å²) in [6.07, 6.45) is 0. The standard InChI is InChI=1S/C11H14F2N2O2/c1-15(6-10(14)11(16)17)5-7-4-8(12)2-3-9(7)13/h2-4,10H,5-6,14H2,1H3,(H,16,17). The largest absolute Gasteiger partial charge is 0.480 e. The van der Waals surface area contributed by atoms with Crippen LogP contribution in [0.2, 0.25) is 0 Å². The number of hydrogen-bond acceptors (Lipinski definition) is 3. The molecule has 1 aromatic carbocycles. The van der Waals surface area contributed by atoms with Gasteiger partial charge >= 0.3 is 5.97 Å². The number of halogens is 2. The number of benzene rings is 1. The summed E-state index contributed by atoms with van der Waals surface area (Å²) >= 11 is 0. The fourth-order valence-corrected chi connectivity index (χ4v) is 1.43. The summed E-state index contributed by atoms with van der Waals surface area (Å²) in [5.41, 5.74) is 5.50. The predicted octanol–water partition coefficient (Wildman–Crippen LogP) is 0.809. The van der Waals surface area contributed by atoms with Gasteiger partial charge in [-0.3, -0.25) is 9.69 Å². The first-order valence-electron chi connectivity index (χ1n) is 5.01. The number of hydrogen-bond donors (Lipinski definition) is 2. The Balaban J connectivity index is 2.64. The number of aliphatic carboxylic acids is 1. The average Bonchev–Trinajstić information content (AvgIpc) is 2.23. The number of likely N-dealkylation sites (N-methyl/N-ethyl adjacent to an activating group) is 1. The molecule has 0 radical (unpaired) electrons. The summed E-state index contributed by atoms with van der Waals surface area (Å²) < 4.78 is 26.2. The number of carbonyl (C=O) groups is 1. The lowest BCUT2D eigenvalue weighted by Gasteiger charge is -2.19. The number of rotatable bonds is 5. The molecule has 0 aromatic heterocycles. The minimum atomic E-state index is -1.13. The van der Waals surface area contributed by atoms with E-state index < -0.39 is 23.6 Å². The summed E-state index contributed by atoms with van der Waals surface area (Å²) in [7, 11) is 1.59. The molecule has 1 atom stereocenters. The average molecular weight is 244 g/mol. The number of nitrogens with zero attached hydrogens (tertiary/aromatic N) is 1. The minimum absolute atomic E-state index is 0.0608. The molecule has 1 rings (SSSR count). The molecule has 0 amide bonds. The van der Waals surface area contributed by atoms with Crippen molar-refractivity contribution in [2.45, 2.75) is 12.6 Å². The van der Waals surface area contributed by atoms with Crippen molar-refractivity contribution < 1.29 is 18.7 Å². The molecular formula is C11H14F2N2O2. The van der Waals surface area contributed by atoms with Crippen LogP contribution in [-0.4, -0.2) is 35.6 Å². The molecule has 0 bridgehead atoms. The van der Waals surface area contributed by atoms with Gasteiger partial charge in [-0.2, -0.15) is 0 Å². The molecule has 0 aliphatic heterocycles. The summed E-state index contributed by atoms with van der Waals surface area (Å²) in [6, 6.07) is 2.10. The Labute approximate surface area is 97.6 Å². The summed E-state index contributed by atoms with van der Waals surface area (Å²) in [6.45, 7) is 0.163. The molecule has 94 valence electrons. The molecule has 0 fully saturated rings. The van der Waals surface area contributed by atoms with Crippen LogP contribution in [0, 0.1) is 11.6 Å². The highest BCUT2D eigenvalue weighted by atomic mass is 19.1. The molecule has 1 unspecified atom stereocenters. The SMILES string of the molecule is CN(Cc1cc(F)ccc1F)CC(N)C(=O)O. The maximum atomic E-state index is 13.3. The highest BCUT2D eigenvalue weighted by Gasteiger charge is 2.15. The predicted molar refractivity (Wildman–Crippen MR) is 58.3 cm³/mol. The van der Waals surface area contributed by atoms with E-state index in [4.69, 9.17) is 10.8 Å². The van der Waals surface area contributed by atoms with Gasteiger partial charge in [-0.1, -0.05) is 0 Å². The Bertz CT molecular complexity index is 412. The molecule has 0 heterocycles. The van der Waals surface area contributed by atoms with E-state index in [1.165, 1.54) is 4.90 Å². The van der Waals surface area contributed by atoms with Gasteiger partial charge in [0.05, 0.1) is 0 Å². The second-order valence-electron chi connectivity index (χ2n) is 3.88. The van der Waals surface area contributed by atoms with Crippen LogP contribution in [-0.2, 0) is 11.3 Å². The minimum Gasteiger partial charge on any atom is -0.480 e. The number of carboxylic acid groups (broad SMARTS) is 1. The first-order valence-corrected chi connectivity index (χ1v) is 5.01. The monoisotopic (exact) mass is 244 g/mol. The molecule has 3 N–H and O–H groups in total. The van der Waals surface area contributed by atoms with Gasteiger partial charge in [0.1, 0.15) is 17.7 Å². The van der Waals surface area contributed by atoms with Crippen LogP contribution >= 0.6 is 0 Å². The second-order valence-corrected chi connectivity index (χ2v) is 3.88. The van der Waals surface area contributed by atoms with Crippen LogP contribution in [0.25, 0.3) is 0 Å². The van der Waals surface area contributed by atoms with Gasteiger partial charge in [0.25, 0.3) is 0 Å². The van der Waals surface area contributed by atoms with E-state index in [9.17, 15) is 13.6 Å². The van der Waals surface area contributed by atoms with Crippen molar-refractivity contribution in [3.05, 3.63) is 35.4 Å². The second kappa shape index (κ2) is 5.70. The van der Waals surface area contributed by atoms with Crippen LogP contribution in [0.5, 0.6) is 0 Å². The van der Waals surface area contributed by atoms with Gasteiger partial charge in [0, 0.05) is 18.7 Å². The van der Waals surface area contributed by atoms with Crippen LogP contribution in [0.1, 0.15) is 5.56 Å². The zero-order valence-corrected chi connectivity index (χ0v) is 9.36. The summed E-state index contributed by atoms with van der Waals surface area (Å²) in [4.78, 5) is 12.0. The molecule has 1 aromatic rings. The van der Waals surface area contributed by atoms with Gasteiger partial charge in [0.2, 0.25) is 0 Å². The van der Waals surface area contributed by atoms with Gasteiger partial charge in [-0.25, -0.2) is 8.78 Å². The topological polar surface area (TPSA) is 66.6 Å². The van der Waals surface area contributed by atoms with Crippen molar-refractivity contribution in [3.8, 4) is 0 Å². The normalized spacial score (nSPS) is 12.8. The Morgan fingerprint density at radius 1 is 1.53 bits per heavy atom. The molecule has 0 spiro atoms. The lowest BCUT2D eigenvalue weighted by atomic mass is 10.2. The van der Waals surface area contributed by atoms with E-state index in [0.717, 1.165) is 18.2 Å². The Morgan fingerprint density at radius 3 is 2.76 bits per heavy atom. The maximum absolute atomic E-state index is 13.3. The number of carboxylic acids is 1.